The summed E-state index contributed by atoms with van der Waals surface area (Å²) in [6.45, 7) is 1.83. The van der Waals surface area contributed by atoms with E-state index < -0.39 is 0 Å². The number of hydroxylamine groups is 2. The fraction of sp³-hybridized carbons (Fsp3) is 0.350. The predicted molar refractivity (Wildman–Crippen MR) is 92.9 cm³/mol. The van der Waals surface area contributed by atoms with E-state index in [-0.39, 0.29) is 0 Å². The van der Waals surface area contributed by atoms with Gasteiger partial charge in [-0.05, 0) is 41.3 Å². The van der Waals surface area contributed by atoms with E-state index in [0.29, 0.717) is 23.6 Å². The minimum absolute atomic E-state index is 0.355. The zero-order valence-corrected chi connectivity index (χ0v) is 13.8. The Balaban J connectivity index is 1.57. The van der Waals surface area contributed by atoms with Crippen molar-refractivity contribution in [2.75, 3.05) is 20.2 Å². The van der Waals surface area contributed by atoms with E-state index >= 15 is 0 Å². The van der Waals surface area contributed by atoms with Gasteiger partial charge in [-0.1, -0.05) is 30.3 Å². The number of piperidine rings is 1. The molecule has 0 unspecified atom stereocenters. The summed E-state index contributed by atoms with van der Waals surface area (Å²) in [5.74, 6) is 0.591. The van der Waals surface area contributed by atoms with Gasteiger partial charge in [-0.2, -0.15) is 10.3 Å². The third-order valence-electron chi connectivity index (χ3n) is 5.24. The van der Waals surface area contributed by atoms with Crippen LogP contribution in [0, 0.1) is 17.2 Å². The first-order valence-electron chi connectivity index (χ1n) is 8.44. The highest BCUT2D eigenvalue weighted by molar-refractivity contribution is 5.65. The summed E-state index contributed by atoms with van der Waals surface area (Å²) in [6, 6.07) is 19.5. The average Bonchev–Trinajstić information content (AvgIpc) is 3.02. The SMILES string of the molecule is CN1OC[C@@H]2CN[C@H](c3cccc(-c4ccc(C#N)cc4)c3)C[C@@H]21. The van der Waals surface area contributed by atoms with E-state index in [2.05, 4.69) is 35.7 Å². The van der Waals surface area contributed by atoms with Crippen molar-refractivity contribution in [3.05, 3.63) is 59.7 Å². The highest BCUT2D eigenvalue weighted by Gasteiger charge is 2.38. The minimum atomic E-state index is 0.355. The molecule has 0 radical (unpaired) electrons. The molecule has 2 aliphatic heterocycles. The van der Waals surface area contributed by atoms with Gasteiger partial charge in [0, 0.05) is 31.6 Å². The third kappa shape index (κ3) is 2.83. The molecule has 2 aromatic rings. The molecule has 4 rings (SSSR count). The van der Waals surface area contributed by atoms with Crippen LogP contribution >= 0.6 is 0 Å². The molecule has 0 saturated carbocycles. The Bertz CT molecular complexity index is 765. The Hall–Kier alpha value is -2.19. The maximum atomic E-state index is 8.94. The Morgan fingerprint density at radius 1 is 1.17 bits per heavy atom. The summed E-state index contributed by atoms with van der Waals surface area (Å²) < 4.78 is 0. The third-order valence-corrected chi connectivity index (χ3v) is 5.24. The van der Waals surface area contributed by atoms with Crippen LogP contribution in [-0.2, 0) is 4.84 Å². The number of benzene rings is 2. The van der Waals surface area contributed by atoms with Crippen LogP contribution < -0.4 is 5.32 Å². The molecular weight excluding hydrogens is 298 g/mol. The summed E-state index contributed by atoms with van der Waals surface area (Å²) in [6.07, 6.45) is 1.07. The van der Waals surface area contributed by atoms with Gasteiger partial charge in [0.25, 0.3) is 0 Å². The van der Waals surface area contributed by atoms with Gasteiger partial charge in [0.2, 0.25) is 0 Å². The van der Waals surface area contributed by atoms with Crippen LogP contribution in [0.2, 0.25) is 0 Å². The zero-order chi connectivity index (χ0) is 16.5. The lowest BCUT2D eigenvalue weighted by molar-refractivity contribution is -0.112. The Morgan fingerprint density at radius 3 is 2.79 bits per heavy atom. The maximum Gasteiger partial charge on any atom is 0.0991 e. The van der Waals surface area contributed by atoms with Crippen LogP contribution in [0.5, 0.6) is 0 Å². The van der Waals surface area contributed by atoms with Crippen molar-refractivity contribution in [1.82, 2.24) is 10.4 Å². The summed E-state index contributed by atoms with van der Waals surface area (Å²) >= 11 is 0. The molecule has 0 amide bonds. The van der Waals surface area contributed by atoms with Gasteiger partial charge in [-0.25, -0.2) is 0 Å². The van der Waals surface area contributed by atoms with Gasteiger partial charge in [0.05, 0.1) is 18.2 Å². The van der Waals surface area contributed by atoms with Gasteiger partial charge in [0.15, 0.2) is 0 Å². The molecule has 0 bridgehead atoms. The number of nitriles is 1. The number of nitrogens with zero attached hydrogens (tertiary/aromatic N) is 2. The first-order valence-corrected chi connectivity index (χ1v) is 8.44. The summed E-state index contributed by atoms with van der Waals surface area (Å²) in [5, 5.41) is 14.6. The summed E-state index contributed by atoms with van der Waals surface area (Å²) in [5.41, 5.74) is 4.34. The second-order valence-electron chi connectivity index (χ2n) is 6.68. The van der Waals surface area contributed by atoms with Crippen molar-refractivity contribution in [2.45, 2.75) is 18.5 Å². The molecule has 2 aliphatic rings. The predicted octanol–water partition coefficient (Wildman–Crippen LogP) is 3.12. The molecule has 0 aliphatic carbocycles. The van der Waals surface area contributed by atoms with E-state index in [4.69, 9.17) is 10.1 Å². The Morgan fingerprint density at radius 2 is 2.00 bits per heavy atom. The van der Waals surface area contributed by atoms with Gasteiger partial charge in [-0.15, -0.1) is 0 Å². The van der Waals surface area contributed by atoms with Crippen LogP contribution in [0.15, 0.2) is 48.5 Å². The highest BCUT2D eigenvalue weighted by atomic mass is 16.7. The number of nitrogens with one attached hydrogen (secondary N) is 1. The molecule has 0 spiro atoms. The monoisotopic (exact) mass is 319 g/mol. The Labute approximate surface area is 142 Å². The quantitative estimate of drug-likeness (QED) is 0.924. The van der Waals surface area contributed by atoms with Crippen LogP contribution in [0.3, 0.4) is 0 Å². The first-order chi connectivity index (χ1) is 11.7. The molecule has 0 aromatic heterocycles. The number of hydrogen-bond donors (Lipinski definition) is 1. The van der Waals surface area contributed by atoms with Crippen molar-refractivity contribution >= 4 is 0 Å². The van der Waals surface area contributed by atoms with Gasteiger partial charge < -0.3 is 5.32 Å². The highest BCUT2D eigenvalue weighted by Crippen LogP contribution is 2.34. The van der Waals surface area contributed by atoms with E-state index in [1.165, 1.54) is 11.1 Å². The van der Waals surface area contributed by atoms with Crippen molar-refractivity contribution in [2.24, 2.45) is 5.92 Å². The molecule has 1 N–H and O–H groups in total. The van der Waals surface area contributed by atoms with Crippen molar-refractivity contribution in [3.63, 3.8) is 0 Å². The van der Waals surface area contributed by atoms with E-state index in [9.17, 15) is 0 Å². The molecule has 122 valence electrons. The van der Waals surface area contributed by atoms with Crippen molar-refractivity contribution in [1.29, 1.82) is 5.26 Å². The summed E-state index contributed by atoms with van der Waals surface area (Å²) in [7, 11) is 2.04. The second kappa shape index (κ2) is 6.37. The lowest BCUT2D eigenvalue weighted by Gasteiger charge is -2.34. The van der Waals surface area contributed by atoms with Crippen molar-refractivity contribution < 1.29 is 4.84 Å². The van der Waals surface area contributed by atoms with E-state index in [0.717, 1.165) is 25.1 Å². The number of hydrogen-bond acceptors (Lipinski definition) is 4. The standard InChI is InChI=1S/C20H21N3O/c1-23-20-10-19(22-12-18(20)13-24-23)17-4-2-3-16(9-17)15-7-5-14(11-21)6-8-15/h2-9,18-20,22H,10,12-13H2,1H3/t18-,19-,20-/m0/s1. The van der Waals surface area contributed by atoms with Crippen LogP contribution in [0.1, 0.15) is 23.6 Å². The van der Waals surface area contributed by atoms with Gasteiger partial charge in [0.1, 0.15) is 0 Å². The topological polar surface area (TPSA) is 48.3 Å². The minimum Gasteiger partial charge on any atom is -0.309 e. The normalized spacial score (nSPS) is 26.8. The smallest absolute Gasteiger partial charge is 0.0991 e. The summed E-state index contributed by atoms with van der Waals surface area (Å²) in [4.78, 5) is 5.67. The van der Waals surface area contributed by atoms with Crippen LogP contribution in [-0.4, -0.2) is 31.3 Å². The second-order valence-corrected chi connectivity index (χ2v) is 6.68. The van der Waals surface area contributed by atoms with Crippen molar-refractivity contribution in [3.8, 4) is 17.2 Å². The van der Waals surface area contributed by atoms with Crippen LogP contribution in [0.25, 0.3) is 11.1 Å². The Kier molecular flexibility index (Phi) is 4.07. The van der Waals surface area contributed by atoms with E-state index in [1.807, 2.05) is 36.4 Å². The van der Waals surface area contributed by atoms with E-state index in [1.54, 1.807) is 0 Å². The fourth-order valence-electron chi connectivity index (χ4n) is 3.80. The molecular formula is C20H21N3O. The lowest BCUT2D eigenvalue weighted by Crippen LogP contribution is -2.44. The zero-order valence-electron chi connectivity index (χ0n) is 13.8. The average molecular weight is 319 g/mol. The fourth-order valence-corrected chi connectivity index (χ4v) is 3.80. The van der Waals surface area contributed by atoms with Crippen LogP contribution in [0.4, 0.5) is 0 Å². The molecule has 2 heterocycles. The maximum absolute atomic E-state index is 8.94. The first kappa shape index (κ1) is 15.3. The number of fused-ring (bicyclic) bond motifs is 1. The molecule has 3 atom stereocenters. The molecule has 4 heteroatoms. The van der Waals surface area contributed by atoms with Gasteiger partial charge in [-0.3, -0.25) is 4.84 Å². The molecule has 4 nitrogen and oxygen atoms in total. The van der Waals surface area contributed by atoms with Gasteiger partial charge >= 0.3 is 0 Å². The lowest BCUT2D eigenvalue weighted by atomic mass is 9.86. The number of rotatable bonds is 2. The molecule has 2 fully saturated rings. The largest absolute Gasteiger partial charge is 0.309 e. The molecule has 2 saturated heterocycles. The molecule has 2 aromatic carbocycles. The molecule has 24 heavy (non-hydrogen) atoms.